The second-order valence-corrected chi connectivity index (χ2v) is 3.12. The normalized spacial score (nSPS) is 9.77. The first-order chi connectivity index (χ1) is 6.04. The first-order valence-electron chi connectivity index (χ1n) is 4.13. The zero-order chi connectivity index (χ0) is 10.0. The van der Waals surface area contributed by atoms with Gasteiger partial charge in [-0.15, -0.1) is 0 Å². The van der Waals surface area contributed by atoms with E-state index in [9.17, 15) is 4.79 Å². The number of urea groups is 1. The molecular weight excluding hydrogens is 164 g/mol. The Hall–Kier alpha value is -1.51. The van der Waals surface area contributed by atoms with Crippen LogP contribution in [0.15, 0.2) is 18.2 Å². The largest absolute Gasteiger partial charge is 0.351 e. The van der Waals surface area contributed by atoms with Crippen molar-refractivity contribution in [2.75, 3.05) is 11.9 Å². The number of carbonyl (C=O) groups is 1. The van der Waals surface area contributed by atoms with Gasteiger partial charge in [-0.25, -0.2) is 4.79 Å². The number of primary amides is 1. The summed E-state index contributed by atoms with van der Waals surface area (Å²) in [5.41, 5.74) is 8.29. The highest BCUT2D eigenvalue weighted by Crippen LogP contribution is 2.20. The molecule has 13 heavy (non-hydrogen) atoms. The van der Waals surface area contributed by atoms with E-state index in [0.29, 0.717) is 0 Å². The Morgan fingerprint density at radius 2 is 2.00 bits per heavy atom. The van der Waals surface area contributed by atoms with Crippen molar-refractivity contribution < 1.29 is 4.79 Å². The van der Waals surface area contributed by atoms with Crippen molar-refractivity contribution in [1.29, 1.82) is 0 Å². The fraction of sp³-hybridized carbons (Fsp3) is 0.300. The van der Waals surface area contributed by atoms with Crippen LogP contribution in [0.4, 0.5) is 10.5 Å². The highest BCUT2D eigenvalue weighted by atomic mass is 16.2. The lowest BCUT2D eigenvalue weighted by atomic mass is 10.1. The van der Waals surface area contributed by atoms with Gasteiger partial charge in [-0.05, 0) is 31.0 Å². The maximum Gasteiger partial charge on any atom is 0.319 e. The Morgan fingerprint density at radius 3 is 2.54 bits per heavy atom. The highest BCUT2D eigenvalue weighted by molar-refractivity contribution is 5.91. The molecule has 0 radical (unpaired) electrons. The minimum Gasteiger partial charge on any atom is -0.351 e. The van der Waals surface area contributed by atoms with Gasteiger partial charge >= 0.3 is 6.03 Å². The average Bonchev–Trinajstić information content (AvgIpc) is 2.08. The van der Waals surface area contributed by atoms with E-state index in [-0.39, 0.29) is 0 Å². The summed E-state index contributed by atoms with van der Waals surface area (Å²) in [7, 11) is 1.67. The van der Waals surface area contributed by atoms with Gasteiger partial charge in [0, 0.05) is 12.7 Å². The van der Waals surface area contributed by atoms with Gasteiger partial charge in [-0.3, -0.25) is 4.90 Å². The zero-order valence-corrected chi connectivity index (χ0v) is 8.16. The molecule has 0 atom stereocenters. The molecule has 0 saturated heterocycles. The van der Waals surface area contributed by atoms with Crippen molar-refractivity contribution >= 4 is 11.7 Å². The van der Waals surface area contributed by atoms with Crippen molar-refractivity contribution in [2.45, 2.75) is 13.8 Å². The maximum absolute atomic E-state index is 10.9. The molecule has 0 fully saturated rings. The quantitative estimate of drug-likeness (QED) is 0.700. The van der Waals surface area contributed by atoms with Crippen molar-refractivity contribution in [3.8, 4) is 0 Å². The predicted octanol–water partition coefficient (Wildman–Crippen LogP) is 1.82. The molecule has 0 bridgehead atoms. The van der Waals surface area contributed by atoms with Crippen LogP contribution in [0, 0.1) is 13.8 Å². The molecule has 2 N–H and O–H groups in total. The van der Waals surface area contributed by atoms with Crippen molar-refractivity contribution in [3.63, 3.8) is 0 Å². The topological polar surface area (TPSA) is 46.3 Å². The van der Waals surface area contributed by atoms with Crippen LogP contribution < -0.4 is 10.6 Å². The maximum atomic E-state index is 10.9. The number of hydrogen-bond donors (Lipinski definition) is 1. The molecule has 0 unspecified atom stereocenters. The molecule has 1 rings (SSSR count). The molecule has 1 aromatic rings. The van der Waals surface area contributed by atoms with E-state index in [1.165, 1.54) is 4.90 Å². The SMILES string of the molecule is Cc1cccc(N(C)C(N)=O)c1C. The molecule has 0 spiro atoms. The Kier molecular flexibility index (Phi) is 2.56. The van der Waals surface area contributed by atoms with Crippen molar-refractivity contribution in [2.24, 2.45) is 5.73 Å². The fourth-order valence-electron chi connectivity index (χ4n) is 1.22. The molecule has 70 valence electrons. The third kappa shape index (κ3) is 1.80. The number of nitrogens with two attached hydrogens (primary N) is 1. The monoisotopic (exact) mass is 178 g/mol. The molecule has 0 saturated carbocycles. The molecule has 0 aromatic heterocycles. The Morgan fingerprint density at radius 1 is 1.38 bits per heavy atom. The van der Waals surface area contributed by atoms with Crippen LogP contribution in [0.5, 0.6) is 0 Å². The van der Waals surface area contributed by atoms with Gasteiger partial charge in [0.2, 0.25) is 0 Å². The molecule has 3 heteroatoms. The van der Waals surface area contributed by atoms with Crippen molar-refractivity contribution in [1.82, 2.24) is 0 Å². The molecule has 1 aromatic carbocycles. The van der Waals surface area contributed by atoms with Crippen LogP contribution in [-0.4, -0.2) is 13.1 Å². The number of carbonyl (C=O) groups excluding carboxylic acids is 1. The fourth-order valence-corrected chi connectivity index (χ4v) is 1.22. The summed E-state index contributed by atoms with van der Waals surface area (Å²) in [5, 5.41) is 0. The smallest absolute Gasteiger partial charge is 0.319 e. The van der Waals surface area contributed by atoms with Crippen LogP contribution in [0.1, 0.15) is 11.1 Å². The Labute approximate surface area is 78.2 Å². The first kappa shape index (κ1) is 9.58. The van der Waals surface area contributed by atoms with E-state index in [2.05, 4.69) is 0 Å². The second kappa shape index (κ2) is 3.47. The van der Waals surface area contributed by atoms with Gasteiger partial charge in [0.25, 0.3) is 0 Å². The third-order valence-corrected chi connectivity index (χ3v) is 2.27. The van der Waals surface area contributed by atoms with Gasteiger partial charge in [0.1, 0.15) is 0 Å². The number of benzene rings is 1. The lowest BCUT2D eigenvalue weighted by Crippen LogP contribution is -2.32. The molecule has 2 amide bonds. The standard InChI is InChI=1S/C10H14N2O/c1-7-5-4-6-9(8(7)2)12(3)10(11)13/h4-6H,1-3H3,(H2,11,13). The number of anilines is 1. The van der Waals surface area contributed by atoms with Crippen LogP contribution in [-0.2, 0) is 0 Å². The summed E-state index contributed by atoms with van der Waals surface area (Å²) < 4.78 is 0. The van der Waals surface area contributed by atoms with E-state index in [1.807, 2.05) is 32.0 Å². The summed E-state index contributed by atoms with van der Waals surface area (Å²) in [4.78, 5) is 12.4. The third-order valence-electron chi connectivity index (χ3n) is 2.27. The van der Waals surface area contributed by atoms with Crippen LogP contribution in [0.25, 0.3) is 0 Å². The summed E-state index contributed by atoms with van der Waals surface area (Å²) in [6, 6.07) is 5.37. The molecule has 0 aliphatic heterocycles. The molecule has 3 nitrogen and oxygen atoms in total. The number of rotatable bonds is 1. The minimum atomic E-state index is -0.436. The molecule has 0 heterocycles. The van der Waals surface area contributed by atoms with E-state index < -0.39 is 6.03 Å². The summed E-state index contributed by atoms with van der Waals surface area (Å²) in [5.74, 6) is 0. The lowest BCUT2D eigenvalue weighted by Gasteiger charge is -2.17. The van der Waals surface area contributed by atoms with Crippen molar-refractivity contribution in [3.05, 3.63) is 29.3 Å². The van der Waals surface area contributed by atoms with Gasteiger partial charge in [0.15, 0.2) is 0 Å². The predicted molar refractivity (Wildman–Crippen MR) is 53.9 cm³/mol. The Bertz CT molecular complexity index is 334. The number of amides is 2. The van der Waals surface area contributed by atoms with Gasteiger partial charge < -0.3 is 5.73 Å². The zero-order valence-electron chi connectivity index (χ0n) is 8.16. The number of aryl methyl sites for hydroxylation is 1. The van der Waals surface area contributed by atoms with E-state index in [4.69, 9.17) is 5.73 Å². The van der Waals surface area contributed by atoms with Gasteiger partial charge in [0.05, 0.1) is 0 Å². The lowest BCUT2D eigenvalue weighted by molar-refractivity contribution is 0.255. The summed E-state index contributed by atoms with van der Waals surface area (Å²) in [6.45, 7) is 3.98. The van der Waals surface area contributed by atoms with E-state index >= 15 is 0 Å². The van der Waals surface area contributed by atoms with Gasteiger partial charge in [-0.2, -0.15) is 0 Å². The minimum absolute atomic E-state index is 0.436. The highest BCUT2D eigenvalue weighted by Gasteiger charge is 2.09. The number of hydrogen-bond acceptors (Lipinski definition) is 1. The Balaban J connectivity index is 3.15. The molecule has 0 aliphatic carbocycles. The number of nitrogens with zero attached hydrogens (tertiary/aromatic N) is 1. The summed E-state index contributed by atoms with van der Waals surface area (Å²) in [6.07, 6.45) is 0. The van der Waals surface area contributed by atoms with Crippen LogP contribution in [0.2, 0.25) is 0 Å². The van der Waals surface area contributed by atoms with Gasteiger partial charge in [-0.1, -0.05) is 12.1 Å². The average molecular weight is 178 g/mol. The van der Waals surface area contributed by atoms with Crippen LogP contribution >= 0.6 is 0 Å². The second-order valence-electron chi connectivity index (χ2n) is 3.12. The molecule has 0 aliphatic rings. The first-order valence-corrected chi connectivity index (χ1v) is 4.13. The molecular formula is C10H14N2O. The van der Waals surface area contributed by atoms with Crippen LogP contribution in [0.3, 0.4) is 0 Å². The summed E-state index contributed by atoms with van der Waals surface area (Å²) >= 11 is 0. The van der Waals surface area contributed by atoms with E-state index in [0.717, 1.165) is 16.8 Å². The van der Waals surface area contributed by atoms with E-state index in [1.54, 1.807) is 7.05 Å².